The lowest BCUT2D eigenvalue weighted by Crippen LogP contribution is -2.64. The summed E-state index contributed by atoms with van der Waals surface area (Å²) >= 11 is 0. The van der Waals surface area contributed by atoms with Gasteiger partial charge < -0.3 is 94.1 Å². The van der Waals surface area contributed by atoms with Crippen LogP contribution in [0.25, 0.3) is 22.3 Å². The van der Waals surface area contributed by atoms with E-state index in [1.807, 2.05) is 0 Å². The van der Waals surface area contributed by atoms with Crippen molar-refractivity contribution in [1.29, 1.82) is 0 Å². The number of aromatic hydroxyl groups is 4. The number of ether oxygens (including phenoxy) is 6. The summed E-state index contributed by atoms with van der Waals surface area (Å²) in [5.74, 6) is -2.97. The summed E-state index contributed by atoms with van der Waals surface area (Å²) in [6.45, 7) is -1.68. The predicted octanol–water partition coefficient (Wildman–Crippen LogP) is -3.61. The van der Waals surface area contributed by atoms with Crippen LogP contribution < -0.4 is 10.2 Å². The third-order valence-corrected chi connectivity index (χ3v) is 8.70. The van der Waals surface area contributed by atoms with E-state index in [4.69, 9.17) is 32.8 Å². The van der Waals surface area contributed by atoms with Crippen molar-refractivity contribution in [2.24, 2.45) is 0 Å². The van der Waals surface area contributed by atoms with Crippen molar-refractivity contribution in [2.75, 3.05) is 19.8 Å². The van der Waals surface area contributed by atoms with Gasteiger partial charge in [0, 0.05) is 24.3 Å². The second-order valence-electron chi connectivity index (χ2n) is 12.2. The van der Waals surface area contributed by atoms with Gasteiger partial charge in [0.25, 0.3) is 0 Å². The van der Waals surface area contributed by atoms with Gasteiger partial charge in [-0.15, -0.1) is 0 Å². The number of fused-ring (bicyclic) bond motifs is 1. The summed E-state index contributed by atoms with van der Waals surface area (Å²) in [5.41, 5.74) is -1.23. The van der Waals surface area contributed by atoms with Crippen molar-refractivity contribution in [3.05, 3.63) is 40.6 Å². The molecule has 4 heterocycles. The molecule has 3 saturated heterocycles. The molecule has 2 aromatic carbocycles. The van der Waals surface area contributed by atoms with Crippen LogP contribution in [-0.2, 0) is 23.7 Å². The van der Waals surface area contributed by atoms with Gasteiger partial charge in [-0.05, 0) is 6.07 Å². The maximum atomic E-state index is 12.8. The quantitative estimate of drug-likeness (QED) is 0.0787. The van der Waals surface area contributed by atoms with E-state index >= 15 is 0 Å². The number of phenolic OH excluding ortho intramolecular Hbond substituents is 4. The molecule has 0 radical (unpaired) electrons. The Bertz CT molecular complexity index is 1760. The molecule has 3 aliphatic heterocycles. The van der Waals surface area contributed by atoms with Crippen molar-refractivity contribution in [1.82, 2.24) is 0 Å². The molecule has 20 nitrogen and oxygen atoms in total. The van der Waals surface area contributed by atoms with Crippen molar-refractivity contribution in [2.45, 2.75) is 79.9 Å². The molecule has 0 aliphatic carbocycles. The largest absolute Gasteiger partial charge is 0.507 e. The molecule has 0 amide bonds. The Morgan fingerprint density at radius 2 is 1.31 bits per heavy atom. The molecule has 0 bridgehead atoms. The Kier molecular flexibility index (Phi) is 10.6. The summed E-state index contributed by atoms with van der Waals surface area (Å²) in [6.07, 6.45) is -21.3. The number of hydrogen-bond donors (Lipinski definition) is 12. The first kappa shape index (κ1) is 36.9. The Labute approximate surface area is 285 Å². The second-order valence-corrected chi connectivity index (χ2v) is 12.2. The Morgan fingerprint density at radius 3 is 2.04 bits per heavy atom. The molecule has 13 unspecified atom stereocenters. The van der Waals surface area contributed by atoms with E-state index in [-0.39, 0.29) is 34.6 Å². The van der Waals surface area contributed by atoms with Crippen LogP contribution in [0.2, 0.25) is 0 Å². The first-order chi connectivity index (χ1) is 24.2. The summed E-state index contributed by atoms with van der Waals surface area (Å²) < 4.78 is 38.6. The van der Waals surface area contributed by atoms with Gasteiger partial charge in [0.05, 0.1) is 25.4 Å². The fourth-order valence-electron chi connectivity index (χ4n) is 5.89. The molecule has 0 saturated carbocycles. The number of phenols is 4. The molecule has 12 N–H and O–H groups in total. The third kappa shape index (κ3) is 7.15. The Hall–Kier alpha value is -3.87. The van der Waals surface area contributed by atoms with Crippen molar-refractivity contribution in [3.63, 3.8) is 0 Å². The van der Waals surface area contributed by atoms with Crippen LogP contribution in [0.15, 0.2) is 39.5 Å². The fourth-order valence-corrected chi connectivity index (χ4v) is 5.89. The molecule has 1 aromatic heterocycles. The first-order valence-electron chi connectivity index (χ1n) is 15.5. The monoisotopic (exact) mass is 728 g/mol. The minimum atomic E-state index is -1.92. The smallest absolute Gasteiger partial charge is 0.229 e. The normalized spacial score (nSPS) is 35.9. The van der Waals surface area contributed by atoms with Gasteiger partial charge in [-0.2, -0.15) is 0 Å². The average Bonchev–Trinajstić information content (AvgIpc) is 3.08. The molecule has 3 aliphatic rings. The fraction of sp³-hybridized carbons (Fsp3) is 0.516. The highest BCUT2D eigenvalue weighted by Gasteiger charge is 2.51. The molecule has 13 atom stereocenters. The van der Waals surface area contributed by atoms with Crippen LogP contribution in [0, 0.1) is 0 Å². The van der Waals surface area contributed by atoms with E-state index in [0.717, 1.165) is 30.3 Å². The van der Waals surface area contributed by atoms with Gasteiger partial charge in [0.1, 0.15) is 95.0 Å². The summed E-state index contributed by atoms with van der Waals surface area (Å²) in [6, 6.07) is 4.78. The second kappa shape index (κ2) is 14.6. The Morgan fingerprint density at radius 1 is 0.667 bits per heavy atom. The molecule has 3 aromatic rings. The summed E-state index contributed by atoms with van der Waals surface area (Å²) in [7, 11) is 0. The lowest BCUT2D eigenvalue weighted by Gasteiger charge is -2.45. The van der Waals surface area contributed by atoms with Crippen molar-refractivity contribution < 1.29 is 94.1 Å². The van der Waals surface area contributed by atoms with E-state index in [1.54, 1.807) is 0 Å². The van der Waals surface area contributed by atoms with Gasteiger partial charge in [0.2, 0.25) is 6.29 Å². The standard InChI is InChI=1S/C31H36O20/c32-6-19-28(51-30-26(43)23(40)20(8-46-30)50-29-25(42)22(39)16(38)7-45-29)24(41)27(44)31(49-19)47-9-1-14(36)21-15(37)5-17(48-18(21)2-9)10-3-12(34)13(35)4-11(10)33/h1-5,16,19-20,22-36,38-44H,6-8H2. The molecule has 0 spiro atoms. The van der Waals surface area contributed by atoms with Gasteiger partial charge in [0.15, 0.2) is 29.5 Å². The van der Waals surface area contributed by atoms with Crippen LogP contribution in [0.4, 0.5) is 0 Å². The van der Waals surface area contributed by atoms with Gasteiger partial charge in [-0.25, -0.2) is 0 Å². The minimum absolute atomic E-state index is 0.179. The molecule has 20 heteroatoms. The Balaban J connectivity index is 1.14. The van der Waals surface area contributed by atoms with Gasteiger partial charge in [-0.1, -0.05) is 0 Å². The highest BCUT2D eigenvalue weighted by atomic mass is 16.8. The zero-order valence-corrected chi connectivity index (χ0v) is 26.1. The zero-order valence-electron chi connectivity index (χ0n) is 26.1. The molecule has 3 fully saturated rings. The molecule has 6 rings (SSSR count). The van der Waals surface area contributed by atoms with Gasteiger partial charge in [-0.3, -0.25) is 4.79 Å². The number of hydrogen-bond acceptors (Lipinski definition) is 20. The molecule has 51 heavy (non-hydrogen) atoms. The average molecular weight is 729 g/mol. The summed E-state index contributed by atoms with van der Waals surface area (Å²) in [5, 5.41) is 123. The lowest BCUT2D eigenvalue weighted by molar-refractivity contribution is -0.355. The highest BCUT2D eigenvalue weighted by Crippen LogP contribution is 2.40. The van der Waals surface area contributed by atoms with Crippen LogP contribution in [0.5, 0.6) is 28.7 Å². The van der Waals surface area contributed by atoms with Crippen LogP contribution in [0.3, 0.4) is 0 Å². The van der Waals surface area contributed by atoms with Crippen LogP contribution >= 0.6 is 0 Å². The number of rotatable bonds is 8. The SMILES string of the molecule is O=c1cc(-c2cc(O)c(O)cc2O)oc2cc(OC3OC(CO)C(OC4OCC(OC5OCC(O)C(O)C5O)C(O)C4O)C(O)C3O)cc(O)c12. The molecular weight excluding hydrogens is 692 g/mol. The maximum Gasteiger partial charge on any atom is 0.229 e. The third-order valence-electron chi connectivity index (χ3n) is 8.70. The van der Waals surface area contributed by atoms with E-state index in [9.17, 15) is 66.1 Å². The summed E-state index contributed by atoms with van der Waals surface area (Å²) in [4.78, 5) is 12.8. The van der Waals surface area contributed by atoms with Gasteiger partial charge >= 0.3 is 0 Å². The number of benzene rings is 2. The minimum Gasteiger partial charge on any atom is -0.507 e. The molecular formula is C31H36O20. The van der Waals surface area contributed by atoms with E-state index in [1.165, 1.54) is 0 Å². The van der Waals surface area contributed by atoms with Crippen molar-refractivity contribution >= 4 is 11.0 Å². The van der Waals surface area contributed by atoms with Crippen molar-refractivity contribution in [3.8, 4) is 40.1 Å². The highest BCUT2D eigenvalue weighted by molar-refractivity contribution is 5.86. The van der Waals surface area contributed by atoms with E-state index in [2.05, 4.69) is 0 Å². The number of aliphatic hydroxyl groups is 8. The predicted molar refractivity (Wildman–Crippen MR) is 162 cm³/mol. The van der Waals surface area contributed by atoms with E-state index in [0.29, 0.717) is 0 Å². The number of aliphatic hydroxyl groups excluding tert-OH is 8. The maximum absolute atomic E-state index is 12.8. The zero-order chi connectivity index (χ0) is 36.9. The van der Waals surface area contributed by atoms with Crippen LogP contribution in [0.1, 0.15) is 0 Å². The van der Waals surface area contributed by atoms with Crippen LogP contribution in [-0.4, -0.2) is 161 Å². The lowest BCUT2D eigenvalue weighted by atomic mass is 9.98. The first-order valence-corrected chi connectivity index (χ1v) is 15.5. The molecule has 280 valence electrons. The topological polar surface area (TPSA) is 328 Å². The van der Waals surface area contributed by atoms with E-state index < -0.39 is 122 Å².